The molecule has 0 unspecified atom stereocenters. The molecule has 1 saturated heterocycles. The number of aromatic nitrogens is 3. The number of pyridine rings is 1. The number of aliphatic hydroxyl groups is 1. The van der Waals surface area contributed by atoms with Crippen LogP contribution in [0.25, 0.3) is 16.8 Å². The summed E-state index contributed by atoms with van der Waals surface area (Å²) >= 11 is 0. The second kappa shape index (κ2) is 9.03. The van der Waals surface area contributed by atoms with Gasteiger partial charge in [-0.2, -0.15) is 13.2 Å². The first kappa shape index (κ1) is 23.6. The molecule has 0 saturated carbocycles. The Labute approximate surface area is 193 Å². The Morgan fingerprint density at radius 2 is 1.82 bits per heavy atom. The number of nitrogens with zero attached hydrogens (tertiary/aromatic N) is 4. The number of nitrogens with one attached hydrogen (secondary N) is 1. The van der Waals surface area contributed by atoms with Crippen molar-refractivity contribution in [1.29, 1.82) is 0 Å². The normalized spacial score (nSPS) is 16.5. The summed E-state index contributed by atoms with van der Waals surface area (Å²) in [5.41, 5.74) is -2.60. The highest BCUT2D eigenvalue weighted by atomic mass is 32.2. The molecule has 3 aromatic rings. The van der Waals surface area contributed by atoms with Crippen molar-refractivity contribution >= 4 is 27.0 Å². The van der Waals surface area contributed by atoms with Crippen molar-refractivity contribution in [1.82, 2.24) is 15.0 Å². The highest BCUT2D eigenvalue weighted by molar-refractivity contribution is 7.92. The summed E-state index contributed by atoms with van der Waals surface area (Å²) in [6.07, 6.45) is 6.46. The van der Waals surface area contributed by atoms with Crippen LogP contribution < -0.4 is 10.2 Å². The average molecular weight is 491 g/mol. The first-order valence-electron chi connectivity index (χ1n) is 10.1. The molecule has 0 radical (unpaired) electrons. The predicted molar refractivity (Wildman–Crippen MR) is 120 cm³/mol. The maximum atomic E-state index is 12.7. The molecule has 2 N–H and O–H groups in total. The molecular formula is C22H20F3N5O3S. The van der Waals surface area contributed by atoms with Crippen molar-refractivity contribution in [2.24, 2.45) is 0 Å². The van der Waals surface area contributed by atoms with Crippen molar-refractivity contribution in [2.75, 3.05) is 23.3 Å². The molecule has 0 amide bonds. The monoisotopic (exact) mass is 491 g/mol. The number of rotatable bonds is 6. The van der Waals surface area contributed by atoms with Crippen LogP contribution in [0.2, 0.25) is 0 Å². The van der Waals surface area contributed by atoms with Crippen LogP contribution in [0.1, 0.15) is 12.0 Å². The number of alkyl halides is 3. The van der Waals surface area contributed by atoms with Gasteiger partial charge < -0.3 is 15.3 Å². The van der Waals surface area contributed by atoms with Gasteiger partial charge in [-0.05, 0) is 36.8 Å². The molecular weight excluding hydrogens is 471 g/mol. The maximum Gasteiger partial charge on any atom is 0.501 e. The molecule has 1 aromatic carbocycles. The third-order valence-corrected chi connectivity index (χ3v) is 6.82. The minimum absolute atomic E-state index is 0.350. The van der Waals surface area contributed by atoms with Gasteiger partial charge in [0.25, 0.3) is 9.84 Å². The second-order valence-electron chi connectivity index (χ2n) is 7.69. The van der Waals surface area contributed by atoms with Gasteiger partial charge in [0.2, 0.25) is 0 Å². The van der Waals surface area contributed by atoms with E-state index in [2.05, 4.69) is 26.8 Å². The van der Waals surface area contributed by atoms with E-state index in [1.807, 2.05) is 11.0 Å². The van der Waals surface area contributed by atoms with Crippen molar-refractivity contribution in [3.05, 3.63) is 67.4 Å². The summed E-state index contributed by atoms with van der Waals surface area (Å²) in [5.74, 6) is 0.657. The van der Waals surface area contributed by atoms with E-state index in [1.54, 1.807) is 18.6 Å². The zero-order valence-electron chi connectivity index (χ0n) is 17.7. The molecule has 0 bridgehead atoms. The van der Waals surface area contributed by atoms with Crippen LogP contribution in [-0.4, -0.2) is 53.2 Å². The van der Waals surface area contributed by atoms with Crippen LogP contribution in [0.15, 0.2) is 66.7 Å². The molecule has 2 aromatic heterocycles. The summed E-state index contributed by atoms with van der Waals surface area (Å²) in [6, 6.07) is 6.03. The molecule has 1 aliphatic rings. The fourth-order valence-corrected chi connectivity index (χ4v) is 4.32. The molecule has 34 heavy (non-hydrogen) atoms. The molecule has 0 spiro atoms. The highest BCUT2D eigenvalue weighted by Gasteiger charge is 2.46. The lowest BCUT2D eigenvalue weighted by molar-refractivity contribution is -0.0436. The van der Waals surface area contributed by atoms with Gasteiger partial charge in [0.1, 0.15) is 12.1 Å². The van der Waals surface area contributed by atoms with Gasteiger partial charge in [0.05, 0.1) is 11.0 Å². The van der Waals surface area contributed by atoms with E-state index in [9.17, 15) is 26.7 Å². The summed E-state index contributed by atoms with van der Waals surface area (Å²) in [7, 11) is -5.42. The SMILES string of the molecule is C=C(Nc1ccc(S(=O)(=O)C(F)(F)F)cc1)c1cnc(N2CC[C@@H](O)C2)c(-c2cncnc2)c1. The molecule has 4 rings (SSSR count). The van der Waals surface area contributed by atoms with E-state index in [0.717, 1.165) is 17.7 Å². The Hall–Kier alpha value is -3.51. The van der Waals surface area contributed by atoms with E-state index in [4.69, 9.17) is 0 Å². The Kier molecular flexibility index (Phi) is 6.28. The number of sulfone groups is 1. The minimum Gasteiger partial charge on any atom is -0.391 e. The predicted octanol–water partition coefficient (Wildman–Crippen LogP) is 3.49. The molecule has 1 fully saturated rings. The highest BCUT2D eigenvalue weighted by Crippen LogP contribution is 2.34. The molecule has 178 valence electrons. The lowest BCUT2D eigenvalue weighted by Gasteiger charge is -2.21. The van der Waals surface area contributed by atoms with Crippen LogP contribution >= 0.6 is 0 Å². The quantitative estimate of drug-likeness (QED) is 0.540. The van der Waals surface area contributed by atoms with Gasteiger partial charge in [-0.1, -0.05) is 6.58 Å². The zero-order chi connectivity index (χ0) is 24.5. The largest absolute Gasteiger partial charge is 0.501 e. The van der Waals surface area contributed by atoms with E-state index in [1.165, 1.54) is 18.5 Å². The first-order chi connectivity index (χ1) is 16.1. The number of hydrogen-bond donors (Lipinski definition) is 2. The van der Waals surface area contributed by atoms with Gasteiger partial charge >= 0.3 is 5.51 Å². The smallest absolute Gasteiger partial charge is 0.391 e. The van der Waals surface area contributed by atoms with Crippen LogP contribution in [-0.2, 0) is 9.84 Å². The lowest BCUT2D eigenvalue weighted by atomic mass is 10.1. The van der Waals surface area contributed by atoms with Gasteiger partial charge in [-0.3, -0.25) is 0 Å². The molecule has 1 aliphatic heterocycles. The topological polar surface area (TPSA) is 108 Å². The molecule has 8 nitrogen and oxygen atoms in total. The summed E-state index contributed by atoms with van der Waals surface area (Å²) in [6.45, 7) is 5.05. The van der Waals surface area contributed by atoms with E-state index >= 15 is 0 Å². The number of aliphatic hydroxyl groups excluding tert-OH is 1. The number of anilines is 2. The van der Waals surface area contributed by atoms with Crippen molar-refractivity contribution < 1.29 is 26.7 Å². The second-order valence-corrected chi connectivity index (χ2v) is 9.63. The molecule has 3 heterocycles. The van der Waals surface area contributed by atoms with Crippen LogP contribution in [0, 0.1) is 0 Å². The van der Waals surface area contributed by atoms with Crippen LogP contribution in [0.4, 0.5) is 24.7 Å². The van der Waals surface area contributed by atoms with Gasteiger partial charge in [0, 0.05) is 59.8 Å². The average Bonchev–Trinajstić information content (AvgIpc) is 3.25. The Morgan fingerprint density at radius 3 is 2.41 bits per heavy atom. The van der Waals surface area contributed by atoms with E-state index in [0.29, 0.717) is 47.8 Å². The summed E-state index contributed by atoms with van der Waals surface area (Å²) < 4.78 is 61.3. The Morgan fingerprint density at radius 1 is 1.15 bits per heavy atom. The van der Waals surface area contributed by atoms with Crippen molar-refractivity contribution in [3.8, 4) is 11.1 Å². The summed E-state index contributed by atoms with van der Waals surface area (Å²) in [4.78, 5) is 13.8. The van der Waals surface area contributed by atoms with Gasteiger partial charge in [0.15, 0.2) is 0 Å². The third kappa shape index (κ3) is 4.73. The molecule has 12 heteroatoms. The summed E-state index contributed by atoms with van der Waals surface area (Å²) in [5, 5.41) is 12.9. The maximum absolute atomic E-state index is 12.7. The van der Waals surface area contributed by atoms with Gasteiger partial charge in [-0.15, -0.1) is 0 Å². The Balaban J connectivity index is 1.60. The third-order valence-electron chi connectivity index (χ3n) is 5.31. The van der Waals surface area contributed by atoms with E-state index in [-0.39, 0.29) is 0 Å². The number of β-amino-alcohol motifs (C(OH)–C–C–N with tert-alkyl or cyclic N) is 1. The van der Waals surface area contributed by atoms with Crippen LogP contribution in [0.5, 0.6) is 0 Å². The van der Waals surface area contributed by atoms with Crippen LogP contribution in [0.3, 0.4) is 0 Å². The first-order valence-corrected chi connectivity index (χ1v) is 11.6. The zero-order valence-corrected chi connectivity index (χ0v) is 18.5. The number of hydrogen-bond acceptors (Lipinski definition) is 8. The number of halogens is 3. The fraction of sp³-hybridized carbons (Fsp3) is 0.227. The lowest BCUT2D eigenvalue weighted by Crippen LogP contribution is -2.23. The minimum atomic E-state index is -5.42. The van der Waals surface area contributed by atoms with Crippen molar-refractivity contribution in [3.63, 3.8) is 0 Å². The molecule has 0 aliphatic carbocycles. The molecule has 1 atom stereocenters. The number of benzene rings is 1. The standard InChI is InChI=1S/C22H20F3N5O3S/c1-14(29-17-2-4-19(5-3-17)34(32,33)22(23,24)25)15-8-20(16-9-26-13-27-10-16)21(28-11-15)30-7-6-18(31)12-30/h2-5,8-11,13,18,29,31H,1,6-7,12H2/t18-/m1/s1. The fourth-order valence-electron chi connectivity index (χ4n) is 3.56. The van der Waals surface area contributed by atoms with E-state index < -0.39 is 26.3 Å². The van der Waals surface area contributed by atoms with Gasteiger partial charge in [-0.25, -0.2) is 23.4 Å². The Bertz CT molecular complexity index is 1300. The van der Waals surface area contributed by atoms with Crippen molar-refractivity contribution in [2.45, 2.75) is 22.9 Å².